The number of halogens is 1. The number of sulfonamides is 1. The second-order valence-corrected chi connectivity index (χ2v) is 13.4. The summed E-state index contributed by atoms with van der Waals surface area (Å²) in [7, 11) is -3.89. The predicted octanol–water partition coefficient (Wildman–Crippen LogP) is 3.04. The first-order valence-corrected chi connectivity index (χ1v) is 15.9. The van der Waals surface area contributed by atoms with E-state index in [1.807, 2.05) is 0 Å². The third-order valence-corrected chi connectivity index (χ3v) is 10.3. The van der Waals surface area contributed by atoms with Crippen molar-refractivity contribution in [2.75, 3.05) is 16.8 Å². The average molecular weight is 641 g/mol. The van der Waals surface area contributed by atoms with Crippen LogP contribution in [0.15, 0.2) is 87.5 Å². The van der Waals surface area contributed by atoms with Crippen molar-refractivity contribution in [3.63, 3.8) is 0 Å². The first kappa shape index (κ1) is 28.8. The normalized spacial score (nSPS) is 19.6. The molecule has 3 amide bonds. The van der Waals surface area contributed by atoms with E-state index < -0.39 is 57.3 Å². The van der Waals surface area contributed by atoms with Crippen LogP contribution in [0.25, 0.3) is 0 Å². The van der Waals surface area contributed by atoms with Gasteiger partial charge < -0.3 is 15.0 Å². The minimum atomic E-state index is -3.89. The molecular weight excluding hydrogens is 620 g/mol. The van der Waals surface area contributed by atoms with Crippen molar-refractivity contribution in [2.45, 2.75) is 21.1 Å². The Morgan fingerprint density at radius 3 is 2.40 bits per heavy atom. The molecular formula is C28H21FN4O7S3. The summed E-state index contributed by atoms with van der Waals surface area (Å²) in [6, 6.07) is 17.1. The summed E-state index contributed by atoms with van der Waals surface area (Å²) in [5.41, 5.74) is 1.06. The van der Waals surface area contributed by atoms with E-state index in [4.69, 9.17) is 9.88 Å². The molecule has 4 N–H and O–H groups in total. The van der Waals surface area contributed by atoms with E-state index in [1.165, 1.54) is 48.5 Å². The minimum Gasteiger partial charge on any atom is -0.483 e. The van der Waals surface area contributed by atoms with Gasteiger partial charge in [-0.3, -0.25) is 19.2 Å². The molecule has 220 valence electrons. The zero-order chi connectivity index (χ0) is 30.5. The van der Waals surface area contributed by atoms with Crippen LogP contribution in [0.5, 0.6) is 5.75 Å². The largest absolute Gasteiger partial charge is 0.483 e. The van der Waals surface area contributed by atoms with Crippen molar-refractivity contribution in [3.8, 4) is 5.75 Å². The molecule has 3 aromatic carbocycles. The average Bonchev–Trinajstić information content (AvgIpc) is 3.46. The van der Waals surface area contributed by atoms with Gasteiger partial charge in [0.2, 0.25) is 21.8 Å². The maximum absolute atomic E-state index is 13.9. The number of amides is 3. The second kappa shape index (κ2) is 11.1. The Kier molecular flexibility index (Phi) is 7.41. The molecule has 0 aliphatic carbocycles. The Bertz CT molecular complexity index is 1920. The number of aromatic amines is 1. The number of aromatic nitrogens is 1. The molecule has 3 heterocycles. The number of fused-ring (bicyclic) bond motifs is 2. The van der Waals surface area contributed by atoms with Crippen molar-refractivity contribution in [3.05, 3.63) is 98.7 Å². The van der Waals surface area contributed by atoms with Crippen LogP contribution in [-0.4, -0.2) is 43.0 Å². The molecule has 11 nitrogen and oxygen atoms in total. The summed E-state index contributed by atoms with van der Waals surface area (Å²) in [5.74, 6) is -3.43. The summed E-state index contributed by atoms with van der Waals surface area (Å²) in [6.07, 6.45) is 0. The Hall–Kier alpha value is -4.31. The number of ether oxygens (including phenoxy) is 1. The maximum Gasteiger partial charge on any atom is 0.305 e. The number of H-pyrrole nitrogens is 1. The van der Waals surface area contributed by atoms with E-state index in [1.54, 1.807) is 24.3 Å². The van der Waals surface area contributed by atoms with Gasteiger partial charge in [-0.1, -0.05) is 41.3 Å². The number of rotatable bonds is 7. The SMILES string of the molecule is NS(=O)(=O)c1ccc(NC(=O)COc2ccccc2[C@H]2c3sc(=O)[nH]c3SC3C(=O)N(c4ccc(F)cc4)C(=O)C32)cc1. The number of nitrogens with one attached hydrogen (secondary N) is 2. The number of thiazole rings is 1. The zero-order valence-corrected chi connectivity index (χ0v) is 24.3. The van der Waals surface area contributed by atoms with Gasteiger partial charge in [-0.25, -0.2) is 22.8 Å². The molecule has 0 spiro atoms. The van der Waals surface area contributed by atoms with E-state index in [0.717, 1.165) is 28.0 Å². The molecule has 3 atom stereocenters. The van der Waals surface area contributed by atoms with Crippen LogP contribution < -0.4 is 25.0 Å². The number of carbonyl (C=O) groups excluding carboxylic acids is 3. The number of carbonyl (C=O) groups is 3. The lowest BCUT2D eigenvalue weighted by atomic mass is 9.82. The van der Waals surface area contributed by atoms with Crippen LogP contribution in [0.2, 0.25) is 0 Å². The van der Waals surface area contributed by atoms with E-state index >= 15 is 0 Å². The standard InChI is InChI=1S/C28H21FN4O7S3/c29-14-5-9-16(10-6-14)33-26(35)22-21(23-25(32-28(37)42-23)41-24(22)27(33)36)18-3-1-2-4-19(18)40-13-20(34)31-15-7-11-17(12-8-15)43(30,38)39/h1-12,21-22,24H,13H2,(H,31,34)(H,32,37)(H2,30,38,39)/t21-,22?,24?/m1/s1. The first-order valence-electron chi connectivity index (χ1n) is 12.7. The number of primary sulfonamides is 1. The number of nitrogens with zero attached hydrogens (tertiary/aromatic N) is 1. The third-order valence-electron chi connectivity index (χ3n) is 6.99. The van der Waals surface area contributed by atoms with Gasteiger partial charge in [0, 0.05) is 22.0 Å². The van der Waals surface area contributed by atoms with Crippen molar-refractivity contribution >= 4 is 62.2 Å². The van der Waals surface area contributed by atoms with Crippen molar-refractivity contribution in [2.24, 2.45) is 11.1 Å². The molecule has 2 unspecified atom stereocenters. The number of benzene rings is 3. The van der Waals surface area contributed by atoms with Gasteiger partial charge in [-0.15, -0.1) is 0 Å². The monoisotopic (exact) mass is 640 g/mol. The number of anilines is 2. The molecule has 1 fully saturated rings. The van der Waals surface area contributed by atoms with Crippen LogP contribution in [0, 0.1) is 11.7 Å². The van der Waals surface area contributed by atoms with Crippen LogP contribution >= 0.6 is 23.1 Å². The number of imide groups is 1. The smallest absolute Gasteiger partial charge is 0.305 e. The van der Waals surface area contributed by atoms with Gasteiger partial charge in [0.15, 0.2) is 6.61 Å². The molecule has 1 aromatic heterocycles. The highest BCUT2D eigenvalue weighted by molar-refractivity contribution is 8.00. The first-order chi connectivity index (χ1) is 20.5. The quantitative estimate of drug-likeness (QED) is 0.259. The van der Waals surface area contributed by atoms with Crippen LogP contribution in [0.4, 0.5) is 15.8 Å². The van der Waals surface area contributed by atoms with E-state index in [0.29, 0.717) is 21.2 Å². The lowest BCUT2D eigenvalue weighted by molar-refractivity contribution is -0.122. The fraction of sp³-hybridized carbons (Fsp3) is 0.143. The lowest BCUT2D eigenvalue weighted by Gasteiger charge is -2.30. The number of hydrogen-bond donors (Lipinski definition) is 3. The zero-order valence-electron chi connectivity index (χ0n) is 21.9. The summed E-state index contributed by atoms with van der Waals surface area (Å²) < 4.78 is 42.4. The fourth-order valence-electron chi connectivity index (χ4n) is 5.13. The Morgan fingerprint density at radius 1 is 1.00 bits per heavy atom. The second-order valence-electron chi connectivity index (χ2n) is 9.68. The molecule has 1 saturated heterocycles. The van der Waals surface area contributed by atoms with Gasteiger partial charge in [0.25, 0.3) is 5.91 Å². The number of para-hydroxylation sites is 1. The van der Waals surface area contributed by atoms with Crippen LogP contribution in [0.3, 0.4) is 0 Å². The summed E-state index contributed by atoms with van der Waals surface area (Å²) >= 11 is 2.04. The molecule has 43 heavy (non-hydrogen) atoms. The van der Waals surface area contributed by atoms with Crippen molar-refractivity contribution in [1.82, 2.24) is 4.98 Å². The number of thioether (sulfide) groups is 1. The highest BCUT2D eigenvalue weighted by Gasteiger charge is 2.56. The molecule has 2 aliphatic heterocycles. The van der Waals surface area contributed by atoms with Crippen molar-refractivity contribution in [1.29, 1.82) is 0 Å². The van der Waals surface area contributed by atoms with Gasteiger partial charge in [-0.2, -0.15) is 0 Å². The molecule has 6 rings (SSSR count). The molecule has 0 bridgehead atoms. The highest BCUT2D eigenvalue weighted by atomic mass is 32.2. The van der Waals surface area contributed by atoms with Gasteiger partial charge >= 0.3 is 4.87 Å². The molecule has 4 aromatic rings. The molecule has 15 heteroatoms. The summed E-state index contributed by atoms with van der Waals surface area (Å²) in [4.78, 5) is 56.4. The van der Waals surface area contributed by atoms with Gasteiger partial charge in [0.1, 0.15) is 16.8 Å². The number of hydrogen-bond acceptors (Lipinski definition) is 9. The Labute approximate surface area is 251 Å². The Morgan fingerprint density at radius 2 is 1.70 bits per heavy atom. The Balaban J connectivity index is 1.29. The summed E-state index contributed by atoms with van der Waals surface area (Å²) in [6.45, 7) is -0.436. The van der Waals surface area contributed by atoms with E-state index in [2.05, 4.69) is 10.3 Å². The minimum absolute atomic E-state index is 0.107. The molecule has 2 aliphatic rings. The summed E-state index contributed by atoms with van der Waals surface area (Å²) in [5, 5.41) is 7.32. The highest BCUT2D eigenvalue weighted by Crippen LogP contribution is 2.54. The van der Waals surface area contributed by atoms with Gasteiger partial charge in [-0.05, 0) is 54.6 Å². The molecule has 0 saturated carbocycles. The number of nitrogens with two attached hydrogens (primary N) is 1. The van der Waals surface area contributed by atoms with E-state index in [-0.39, 0.29) is 21.2 Å². The lowest BCUT2D eigenvalue weighted by Crippen LogP contribution is -2.32. The van der Waals surface area contributed by atoms with Gasteiger partial charge in [0.05, 0.1) is 21.5 Å². The topological polar surface area (TPSA) is 169 Å². The van der Waals surface area contributed by atoms with Crippen LogP contribution in [-0.2, 0) is 24.4 Å². The van der Waals surface area contributed by atoms with Crippen molar-refractivity contribution < 1.29 is 31.9 Å². The third kappa shape index (κ3) is 5.47. The predicted molar refractivity (Wildman–Crippen MR) is 157 cm³/mol. The van der Waals surface area contributed by atoms with Crippen LogP contribution in [0.1, 0.15) is 16.4 Å². The fourth-order valence-corrected chi connectivity index (χ4v) is 8.16. The maximum atomic E-state index is 13.9. The van der Waals surface area contributed by atoms with E-state index in [9.17, 15) is 32.0 Å². The molecule has 0 radical (unpaired) electrons.